The van der Waals surface area contributed by atoms with Crippen molar-refractivity contribution in [2.24, 2.45) is 0 Å². The van der Waals surface area contributed by atoms with Crippen molar-refractivity contribution in [2.45, 2.75) is 182 Å². The summed E-state index contributed by atoms with van der Waals surface area (Å²) in [7, 11) is 1.26. The molecule has 0 amide bonds. The molecule has 3 aliphatic heterocycles. The molecule has 3 aromatic rings. The molecule has 4 heterocycles. The number of rotatable bonds is 20. The van der Waals surface area contributed by atoms with Crippen LogP contribution in [0.15, 0.2) is 39.5 Å². The molecule has 0 spiro atoms. The van der Waals surface area contributed by atoms with Gasteiger partial charge in [-0.3, -0.25) is 57.5 Å². The molecule has 87 heavy (non-hydrogen) atoms. The van der Waals surface area contributed by atoms with Crippen molar-refractivity contribution in [1.82, 2.24) is 0 Å². The Balaban J connectivity index is 1.52. The van der Waals surface area contributed by atoms with Crippen LogP contribution in [0.4, 0.5) is 0 Å². The van der Waals surface area contributed by atoms with E-state index in [0.717, 1.165) is 82.2 Å². The van der Waals surface area contributed by atoms with Crippen LogP contribution in [0.1, 0.15) is 90.0 Å². The van der Waals surface area contributed by atoms with E-state index in [-0.39, 0.29) is 28.4 Å². The predicted molar refractivity (Wildman–Crippen MR) is 282 cm³/mol. The van der Waals surface area contributed by atoms with Gasteiger partial charge in [0.1, 0.15) is 34.7 Å². The van der Waals surface area contributed by atoms with E-state index in [4.69, 9.17) is 89.7 Å². The zero-order valence-electron chi connectivity index (χ0n) is 49.4. The lowest BCUT2D eigenvalue weighted by atomic mass is 9.96. The molecule has 6 rings (SSSR count). The number of ether oxygens (including phenoxy) is 18. The molecule has 3 aliphatic rings. The third-order valence-electron chi connectivity index (χ3n) is 12.5. The lowest BCUT2D eigenvalue weighted by Crippen LogP contribution is -2.66. The maximum atomic E-state index is 15.2. The summed E-state index contributed by atoms with van der Waals surface area (Å²) in [5.74, 6) is -12.9. The van der Waals surface area contributed by atoms with Crippen molar-refractivity contribution < 1.29 is 142 Å². The van der Waals surface area contributed by atoms with Gasteiger partial charge in [-0.25, -0.2) is 0 Å². The minimum atomic E-state index is -2.19. The molecule has 3 saturated heterocycles. The van der Waals surface area contributed by atoms with Gasteiger partial charge in [0, 0.05) is 93.9 Å². The average molecular weight is 1230 g/mol. The van der Waals surface area contributed by atoms with Crippen LogP contribution in [0, 0.1) is 0 Å². The number of carbonyl (C=O) groups is 11. The first kappa shape index (κ1) is 67.3. The Morgan fingerprint density at radius 1 is 0.437 bits per heavy atom. The van der Waals surface area contributed by atoms with Crippen LogP contribution in [0.25, 0.3) is 22.3 Å². The number of benzene rings is 2. The van der Waals surface area contributed by atoms with Crippen LogP contribution in [0.5, 0.6) is 28.7 Å². The Labute approximate surface area is 494 Å². The molecule has 0 saturated carbocycles. The number of carbonyl (C=O) groups excluding carboxylic acids is 11. The normalized spacial score (nSPS) is 26.7. The molecule has 31 nitrogen and oxygen atoms in total. The highest BCUT2D eigenvalue weighted by molar-refractivity contribution is 5.91. The molecule has 0 bridgehead atoms. The molecular formula is C56H64O31. The van der Waals surface area contributed by atoms with Crippen LogP contribution in [0.3, 0.4) is 0 Å². The Kier molecular flexibility index (Phi) is 22.5. The van der Waals surface area contributed by atoms with E-state index < -0.39 is 192 Å². The fraction of sp³-hybridized carbons (Fsp3) is 0.536. The van der Waals surface area contributed by atoms with Crippen molar-refractivity contribution in [2.75, 3.05) is 13.7 Å². The Hall–Kier alpha value is -8.78. The highest BCUT2D eigenvalue weighted by Crippen LogP contribution is 2.42. The second-order valence-electron chi connectivity index (χ2n) is 19.6. The van der Waals surface area contributed by atoms with E-state index in [2.05, 4.69) is 0 Å². The zero-order valence-corrected chi connectivity index (χ0v) is 49.4. The fourth-order valence-electron chi connectivity index (χ4n) is 9.57. The van der Waals surface area contributed by atoms with Crippen molar-refractivity contribution in [1.29, 1.82) is 0 Å². The molecule has 2 aromatic carbocycles. The van der Waals surface area contributed by atoms with E-state index in [1.54, 1.807) is 0 Å². The molecule has 31 heteroatoms. The van der Waals surface area contributed by atoms with Gasteiger partial charge in [-0.1, -0.05) is 0 Å². The highest BCUT2D eigenvalue weighted by atomic mass is 16.8. The zero-order chi connectivity index (χ0) is 64.5. The Morgan fingerprint density at radius 2 is 0.862 bits per heavy atom. The fourth-order valence-corrected chi connectivity index (χ4v) is 9.57. The topological polar surface area (TPSA) is 384 Å². The van der Waals surface area contributed by atoms with Crippen molar-refractivity contribution in [3.8, 4) is 40.1 Å². The SMILES string of the molecule is COc1cc(OC(C)=O)c2c(=O)c(OC3OC(COC4OC(C)C(OC(C)=O)C(OC5OC(C)C(OC(C)=O)C(OC(C)=O)C5OC(C)=O)C4OC(C)=O)C(OC(C)=O)C(OC(C)=O)C3OC(C)=O)c(-c3ccc(OC(C)=O)c(OC(C)=O)c3)oc2c1. The minimum absolute atomic E-state index is 0.0129. The summed E-state index contributed by atoms with van der Waals surface area (Å²) in [6.45, 7) is 13.0. The lowest BCUT2D eigenvalue weighted by Gasteiger charge is -2.48. The monoisotopic (exact) mass is 1230 g/mol. The van der Waals surface area contributed by atoms with Crippen LogP contribution < -0.4 is 29.1 Å². The first-order valence-electron chi connectivity index (χ1n) is 26.5. The molecular weight excluding hydrogens is 1170 g/mol. The molecule has 3 fully saturated rings. The number of methoxy groups -OCH3 is 1. The van der Waals surface area contributed by atoms with Gasteiger partial charge in [-0.15, -0.1) is 0 Å². The molecule has 15 unspecified atom stereocenters. The van der Waals surface area contributed by atoms with Gasteiger partial charge >= 0.3 is 65.7 Å². The van der Waals surface area contributed by atoms with Gasteiger partial charge in [-0.05, 0) is 32.0 Å². The smallest absolute Gasteiger partial charge is 0.308 e. The van der Waals surface area contributed by atoms with E-state index in [1.165, 1.54) is 45.2 Å². The number of esters is 11. The third-order valence-corrected chi connectivity index (χ3v) is 12.5. The van der Waals surface area contributed by atoms with E-state index in [9.17, 15) is 52.7 Å². The van der Waals surface area contributed by atoms with Gasteiger partial charge in [0.25, 0.3) is 0 Å². The van der Waals surface area contributed by atoms with E-state index >= 15 is 4.79 Å². The van der Waals surface area contributed by atoms with Crippen LogP contribution in [0.2, 0.25) is 0 Å². The molecule has 0 radical (unpaired) electrons. The summed E-state index contributed by atoms with van der Waals surface area (Å²) in [5.41, 5.74) is -1.59. The van der Waals surface area contributed by atoms with Gasteiger partial charge < -0.3 is 89.7 Å². The summed E-state index contributed by atoms with van der Waals surface area (Å²) in [5, 5.41) is -0.460. The summed E-state index contributed by atoms with van der Waals surface area (Å²) < 4.78 is 111. The van der Waals surface area contributed by atoms with E-state index in [0.29, 0.717) is 0 Å². The maximum absolute atomic E-state index is 15.2. The average Bonchev–Trinajstić information content (AvgIpc) is 0.845. The predicted octanol–water partition coefficient (Wildman–Crippen LogP) is 2.69. The summed E-state index contributed by atoms with van der Waals surface area (Å²) in [4.78, 5) is 155. The van der Waals surface area contributed by atoms with Crippen molar-refractivity contribution in [3.63, 3.8) is 0 Å². The largest absolute Gasteiger partial charge is 0.496 e. The molecule has 15 atom stereocenters. The quantitative estimate of drug-likeness (QED) is 0.0891. The second-order valence-corrected chi connectivity index (χ2v) is 19.6. The Morgan fingerprint density at radius 3 is 1.37 bits per heavy atom. The van der Waals surface area contributed by atoms with Gasteiger partial charge in [-0.2, -0.15) is 0 Å². The van der Waals surface area contributed by atoms with Crippen LogP contribution >= 0.6 is 0 Å². The summed E-state index contributed by atoms with van der Waals surface area (Å²) >= 11 is 0. The first-order chi connectivity index (χ1) is 40.8. The van der Waals surface area contributed by atoms with Gasteiger partial charge in [0.2, 0.25) is 23.6 Å². The van der Waals surface area contributed by atoms with Crippen molar-refractivity contribution >= 4 is 76.6 Å². The van der Waals surface area contributed by atoms with Gasteiger partial charge in [0.15, 0.2) is 72.6 Å². The second kappa shape index (κ2) is 29.1. The van der Waals surface area contributed by atoms with Crippen molar-refractivity contribution in [3.05, 3.63) is 40.6 Å². The standard InChI is InChI=1S/C56H64O31/c1-21-44(77-27(7)61)49(87-55-52(82-32(12)66)48(79-29(9)63)43(22(2)72-55)76-26(6)60)51(81-31(11)65)54(71-21)70-20-40-46(78-28(8)62)50(80-30(10)64)53(83-33(13)67)56(85-40)86-47-42(68)41-38(75-25(5)59)18-35(69-14)19-39(41)84-45(47)34-15-16-36(73-23(3)57)37(17-34)74-24(4)58/h15-19,21-22,40,43-44,46,48-56H,20H2,1-14H3. The van der Waals surface area contributed by atoms with E-state index in [1.807, 2.05) is 0 Å². The minimum Gasteiger partial charge on any atom is -0.496 e. The molecule has 474 valence electrons. The van der Waals surface area contributed by atoms with Crippen LogP contribution in [-0.4, -0.2) is 171 Å². The number of hydrogen-bond acceptors (Lipinski definition) is 31. The molecule has 0 aliphatic carbocycles. The summed E-state index contributed by atoms with van der Waals surface area (Å²) in [6.07, 6.45) is -25.9. The number of hydrogen-bond donors (Lipinski definition) is 0. The third kappa shape index (κ3) is 17.2. The first-order valence-corrected chi connectivity index (χ1v) is 26.5. The van der Waals surface area contributed by atoms with Crippen LogP contribution in [-0.2, 0) is 114 Å². The highest BCUT2D eigenvalue weighted by Gasteiger charge is 2.58. The lowest BCUT2D eigenvalue weighted by molar-refractivity contribution is -0.360. The van der Waals surface area contributed by atoms with Gasteiger partial charge in [0.05, 0.1) is 25.9 Å². The number of fused-ring (bicyclic) bond motifs is 1. The molecule has 1 aromatic heterocycles. The maximum Gasteiger partial charge on any atom is 0.308 e. The molecule has 0 N–H and O–H groups in total. The summed E-state index contributed by atoms with van der Waals surface area (Å²) in [6, 6.07) is 5.96. The Bertz CT molecular complexity index is 3200.